The maximum Gasteiger partial charge on any atom is 0.104 e. The number of ether oxygens (including phenoxy) is 8. The summed E-state index contributed by atoms with van der Waals surface area (Å²) in [7, 11) is 0. The van der Waals surface area contributed by atoms with Gasteiger partial charge in [-0.3, -0.25) is 0 Å². The van der Waals surface area contributed by atoms with Gasteiger partial charge in [-0.25, -0.2) is 0 Å². The Balaban J connectivity index is 0.993. The number of hydrogen-bond donors (Lipinski definition) is 0. The Bertz CT molecular complexity index is 1170. The van der Waals surface area contributed by atoms with Crippen LogP contribution in [0.25, 0.3) is 22.3 Å². The molecule has 0 amide bonds. The topological polar surface area (TPSA) is 80.4 Å². The van der Waals surface area contributed by atoms with Gasteiger partial charge in [0.1, 0.15) is 12.2 Å². The molecule has 2 unspecified atom stereocenters. The molecule has 0 spiro atoms. The first kappa shape index (κ1) is 32.7. The highest BCUT2D eigenvalue weighted by Gasteiger charge is 2.22. The van der Waals surface area contributed by atoms with Crippen LogP contribution in [0.5, 0.6) is 0 Å². The zero-order chi connectivity index (χ0) is 30.4. The molecule has 0 saturated carbocycles. The second-order valence-corrected chi connectivity index (χ2v) is 11.3. The van der Waals surface area contributed by atoms with Crippen LogP contribution in [0.1, 0.15) is 22.3 Å². The van der Waals surface area contributed by atoms with Crippen LogP contribution in [-0.4, -0.2) is 91.5 Å². The molecule has 2 atom stereocenters. The van der Waals surface area contributed by atoms with Gasteiger partial charge < -0.3 is 37.9 Å². The minimum Gasteiger partial charge on any atom is -0.377 e. The van der Waals surface area contributed by atoms with Crippen molar-refractivity contribution in [2.75, 3.05) is 79.3 Å². The van der Waals surface area contributed by atoms with Gasteiger partial charge in [0.2, 0.25) is 0 Å². The van der Waals surface area contributed by atoms with Crippen molar-refractivity contribution >= 4 is 0 Å². The number of epoxide rings is 2. The molecule has 3 aromatic carbocycles. The predicted molar refractivity (Wildman–Crippen MR) is 169 cm³/mol. The smallest absolute Gasteiger partial charge is 0.104 e. The molecule has 238 valence electrons. The van der Waals surface area contributed by atoms with Gasteiger partial charge in [-0.2, -0.15) is 0 Å². The molecule has 2 heterocycles. The molecule has 0 bridgehead atoms. The summed E-state index contributed by atoms with van der Waals surface area (Å²) in [5.41, 5.74) is 9.61. The van der Waals surface area contributed by atoms with Crippen LogP contribution in [0.4, 0.5) is 0 Å². The van der Waals surface area contributed by atoms with Gasteiger partial charge in [-0.15, -0.1) is 0 Å². The van der Waals surface area contributed by atoms with Crippen molar-refractivity contribution < 1.29 is 37.9 Å². The molecule has 0 aromatic heterocycles. The monoisotopic (exact) mass is 606 g/mol. The van der Waals surface area contributed by atoms with Crippen molar-refractivity contribution in [3.63, 3.8) is 0 Å². The Morgan fingerprint density at radius 3 is 1.18 bits per heavy atom. The third kappa shape index (κ3) is 11.4. The summed E-state index contributed by atoms with van der Waals surface area (Å²) < 4.78 is 44.0. The van der Waals surface area contributed by atoms with E-state index in [1.165, 1.54) is 44.5 Å². The number of benzene rings is 3. The van der Waals surface area contributed by atoms with E-state index in [4.69, 9.17) is 37.9 Å². The average Bonchev–Trinajstić information content (AvgIpc) is 3.97. The quantitative estimate of drug-likeness (QED) is 0.109. The van der Waals surface area contributed by atoms with E-state index in [0.717, 1.165) is 13.2 Å². The summed E-state index contributed by atoms with van der Waals surface area (Å²) >= 11 is 0. The van der Waals surface area contributed by atoms with E-state index in [2.05, 4.69) is 74.5 Å². The standard InChI is InChI=1S/C36H46O8/c1-27-19-31(7-9-33(27)21-39-15-11-37-13-17-41-23-35-25-43-35)29-3-5-30(6-4-29)32-8-10-34(28(2)20-32)22-40-16-12-38-14-18-42-24-36-26-44-36/h3-10,19-20,35-36H,11-18,21-26H2,1-2H3. The fourth-order valence-electron chi connectivity index (χ4n) is 4.73. The van der Waals surface area contributed by atoms with E-state index in [-0.39, 0.29) is 0 Å². The van der Waals surface area contributed by atoms with Crippen LogP contribution < -0.4 is 0 Å². The lowest BCUT2D eigenvalue weighted by atomic mass is 9.96. The van der Waals surface area contributed by atoms with Crippen LogP contribution >= 0.6 is 0 Å². The van der Waals surface area contributed by atoms with E-state index in [9.17, 15) is 0 Å². The number of hydrogen-bond acceptors (Lipinski definition) is 8. The van der Waals surface area contributed by atoms with Gasteiger partial charge in [0.25, 0.3) is 0 Å². The highest BCUT2D eigenvalue weighted by molar-refractivity contribution is 5.71. The second-order valence-electron chi connectivity index (χ2n) is 11.3. The molecule has 5 rings (SSSR count). The van der Waals surface area contributed by atoms with Crippen LogP contribution in [0.3, 0.4) is 0 Å². The van der Waals surface area contributed by atoms with E-state index < -0.39 is 0 Å². The van der Waals surface area contributed by atoms with E-state index in [0.29, 0.717) is 91.5 Å². The van der Waals surface area contributed by atoms with Gasteiger partial charge in [-0.1, -0.05) is 60.7 Å². The van der Waals surface area contributed by atoms with Crippen LogP contribution in [0.2, 0.25) is 0 Å². The molecule has 2 saturated heterocycles. The average molecular weight is 607 g/mol. The Morgan fingerprint density at radius 1 is 0.477 bits per heavy atom. The number of aryl methyl sites for hydroxylation is 2. The summed E-state index contributed by atoms with van der Waals surface area (Å²) in [5, 5.41) is 0. The van der Waals surface area contributed by atoms with Gasteiger partial charge >= 0.3 is 0 Å². The normalized spacial score (nSPS) is 17.2. The van der Waals surface area contributed by atoms with Gasteiger partial charge in [-0.05, 0) is 58.4 Å². The SMILES string of the molecule is Cc1cc(-c2ccc(-c3ccc(COCCOCCOCC4CO4)c(C)c3)cc2)ccc1COCCOCCOCC1CO1. The molecular formula is C36H46O8. The largest absolute Gasteiger partial charge is 0.377 e. The fraction of sp³-hybridized carbons (Fsp3) is 0.500. The second kappa shape index (κ2) is 17.7. The van der Waals surface area contributed by atoms with E-state index in [1.807, 2.05) is 0 Å². The molecule has 2 fully saturated rings. The summed E-state index contributed by atoms with van der Waals surface area (Å²) in [6, 6.07) is 21.9. The lowest BCUT2D eigenvalue weighted by Crippen LogP contribution is -2.11. The summed E-state index contributed by atoms with van der Waals surface area (Å²) in [6.45, 7) is 13.0. The van der Waals surface area contributed by atoms with Crippen molar-refractivity contribution in [1.82, 2.24) is 0 Å². The zero-order valence-electron chi connectivity index (χ0n) is 26.1. The maximum atomic E-state index is 5.83. The molecule has 44 heavy (non-hydrogen) atoms. The van der Waals surface area contributed by atoms with Crippen molar-refractivity contribution in [3.8, 4) is 22.3 Å². The summed E-state index contributed by atoms with van der Waals surface area (Å²) in [4.78, 5) is 0. The van der Waals surface area contributed by atoms with Crippen molar-refractivity contribution in [2.24, 2.45) is 0 Å². The van der Waals surface area contributed by atoms with Gasteiger partial charge in [0.15, 0.2) is 0 Å². The van der Waals surface area contributed by atoms with E-state index in [1.54, 1.807) is 0 Å². The zero-order valence-corrected chi connectivity index (χ0v) is 26.1. The molecule has 8 heteroatoms. The van der Waals surface area contributed by atoms with Crippen molar-refractivity contribution in [1.29, 1.82) is 0 Å². The maximum absolute atomic E-state index is 5.83. The molecule has 0 aliphatic carbocycles. The van der Waals surface area contributed by atoms with Crippen molar-refractivity contribution in [3.05, 3.63) is 82.9 Å². The van der Waals surface area contributed by atoms with Crippen LogP contribution in [0.15, 0.2) is 60.7 Å². The molecule has 3 aromatic rings. The van der Waals surface area contributed by atoms with Crippen molar-refractivity contribution in [2.45, 2.75) is 39.3 Å². The third-order valence-corrected chi connectivity index (χ3v) is 7.65. The highest BCUT2D eigenvalue weighted by atomic mass is 16.6. The Kier molecular flexibility index (Phi) is 13.2. The fourth-order valence-corrected chi connectivity index (χ4v) is 4.73. The Morgan fingerprint density at radius 2 is 0.818 bits per heavy atom. The molecule has 2 aliphatic rings. The van der Waals surface area contributed by atoms with Gasteiger partial charge in [0, 0.05) is 0 Å². The minimum atomic E-state index is 0.299. The summed E-state index contributed by atoms with van der Waals surface area (Å²) in [6.07, 6.45) is 0.598. The lowest BCUT2D eigenvalue weighted by Gasteiger charge is -2.12. The Labute approximate surface area is 261 Å². The third-order valence-electron chi connectivity index (χ3n) is 7.65. The Hall–Kier alpha value is -2.66. The highest BCUT2D eigenvalue weighted by Crippen LogP contribution is 2.28. The first-order valence-corrected chi connectivity index (χ1v) is 15.7. The first-order chi connectivity index (χ1) is 21.7. The first-order valence-electron chi connectivity index (χ1n) is 15.7. The molecule has 8 nitrogen and oxygen atoms in total. The molecule has 2 aliphatic heterocycles. The summed E-state index contributed by atoms with van der Waals surface area (Å²) in [5.74, 6) is 0. The molecule has 0 N–H and O–H groups in total. The van der Waals surface area contributed by atoms with Crippen LogP contribution in [-0.2, 0) is 51.1 Å². The molecular weight excluding hydrogens is 560 g/mol. The van der Waals surface area contributed by atoms with Crippen LogP contribution in [0, 0.1) is 13.8 Å². The predicted octanol–water partition coefficient (Wildman–Crippen LogP) is 5.53. The molecule has 0 radical (unpaired) electrons. The van der Waals surface area contributed by atoms with E-state index >= 15 is 0 Å². The minimum absolute atomic E-state index is 0.299. The van der Waals surface area contributed by atoms with Gasteiger partial charge in [0.05, 0.1) is 92.5 Å². The lowest BCUT2D eigenvalue weighted by molar-refractivity contribution is 0.00813. The number of rotatable bonds is 22.